The summed E-state index contributed by atoms with van der Waals surface area (Å²) < 4.78 is 0. The molecule has 0 aromatic rings. The maximum absolute atomic E-state index is 2.87. The third-order valence-electron chi connectivity index (χ3n) is 5.63. The van der Waals surface area contributed by atoms with Crippen LogP contribution in [0.15, 0.2) is 0 Å². The second-order valence-electron chi connectivity index (χ2n) is 6.78. The maximum Gasteiger partial charge on any atom is 0.0210 e. The molecule has 3 aliphatic rings. The molecule has 0 radical (unpaired) electrons. The highest BCUT2D eigenvalue weighted by molar-refractivity contribution is 4.96. The van der Waals surface area contributed by atoms with E-state index in [1.54, 1.807) is 0 Å². The molecule has 0 spiro atoms. The van der Waals surface area contributed by atoms with E-state index in [1.807, 2.05) is 0 Å². The van der Waals surface area contributed by atoms with Gasteiger partial charge in [0.1, 0.15) is 0 Å². The van der Waals surface area contributed by atoms with Gasteiger partial charge in [-0.2, -0.15) is 0 Å². The second kappa shape index (κ2) is 5.92. The first-order valence-electron chi connectivity index (χ1n) is 8.37. The summed E-state index contributed by atoms with van der Waals surface area (Å²) in [5, 5.41) is 0. The largest absolute Gasteiger partial charge is 0.303 e. The first-order chi connectivity index (χ1) is 8.89. The van der Waals surface area contributed by atoms with E-state index in [4.69, 9.17) is 0 Å². The van der Waals surface area contributed by atoms with Crippen molar-refractivity contribution in [1.29, 1.82) is 0 Å². The van der Waals surface area contributed by atoms with Gasteiger partial charge in [-0.25, -0.2) is 0 Å². The standard InChI is InChI=1S/C16H30N2/c1-2-9-16(8-1,18-14-5-6-15-18)10-7-13-17-11-3-4-12-17/h1-15H2. The molecule has 1 saturated carbocycles. The molecule has 0 N–H and O–H groups in total. The van der Waals surface area contributed by atoms with Crippen molar-refractivity contribution in [2.45, 2.75) is 69.7 Å². The van der Waals surface area contributed by atoms with Gasteiger partial charge in [-0.3, -0.25) is 4.90 Å². The van der Waals surface area contributed by atoms with Gasteiger partial charge in [-0.05, 0) is 84.1 Å². The minimum atomic E-state index is 0.635. The van der Waals surface area contributed by atoms with E-state index in [1.165, 1.54) is 96.9 Å². The molecule has 0 amide bonds. The van der Waals surface area contributed by atoms with Crippen LogP contribution in [-0.4, -0.2) is 48.1 Å². The zero-order chi connectivity index (χ0) is 12.3. The van der Waals surface area contributed by atoms with Crippen LogP contribution in [0.3, 0.4) is 0 Å². The average Bonchev–Trinajstić information content (AvgIpc) is 3.13. The van der Waals surface area contributed by atoms with Gasteiger partial charge in [0.15, 0.2) is 0 Å². The second-order valence-corrected chi connectivity index (χ2v) is 6.78. The molecule has 104 valence electrons. The van der Waals surface area contributed by atoms with E-state index in [9.17, 15) is 0 Å². The van der Waals surface area contributed by atoms with Crippen molar-refractivity contribution in [3.05, 3.63) is 0 Å². The predicted octanol–water partition coefficient (Wildman–Crippen LogP) is 3.27. The van der Waals surface area contributed by atoms with E-state index in [2.05, 4.69) is 9.80 Å². The van der Waals surface area contributed by atoms with Crippen LogP contribution in [0.2, 0.25) is 0 Å². The van der Waals surface area contributed by atoms with Crippen molar-refractivity contribution in [3.63, 3.8) is 0 Å². The molecule has 2 saturated heterocycles. The fourth-order valence-corrected chi connectivity index (χ4v) is 4.59. The minimum Gasteiger partial charge on any atom is -0.303 e. The van der Waals surface area contributed by atoms with Gasteiger partial charge in [0.2, 0.25) is 0 Å². The molecule has 1 aliphatic carbocycles. The van der Waals surface area contributed by atoms with E-state index in [-0.39, 0.29) is 0 Å². The molecule has 0 unspecified atom stereocenters. The van der Waals surface area contributed by atoms with Gasteiger partial charge >= 0.3 is 0 Å². The van der Waals surface area contributed by atoms with Gasteiger partial charge in [-0.1, -0.05) is 12.8 Å². The van der Waals surface area contributed by atoms with Gasteiger partial charge in [0, 0.05) is 5.54 Å². The normalized spacial score (nSPS) is 29.3. The van der Waals surface area contributed by atoms with E-state index >= 15 is 0 Å². The third kappa shape index (κ3) is 2.75. The molecule has 3 rings (SSSR count). The van der Waals surface area contributed by atoms with Crippen LogP contribution >= 0.6 is 0 Å². The zero-order valence-corrected chi connectivity index (χ0v) is 12.0. The zero-order valence-electron chi connectivity index (χ0n) is 12.0. The Morgan fingerprint density at radius 2 is 1.33 bits per heavy atom. The summed E-state index contributed by atoms with van der Waals surface area (Å²) in [6, 6.07) is 0. The van der Waals surface area contributed by atoms with Crippen molar-refractivity contribution >= 4 is 0 Å². The minimum absolute atomic E-state index is 0.635. The van der Waals surface area contributed by atoms with Gasteiger partial charge < -0.3 is 4.90 Å². The monoisotopic (exact) mass is 250 g/mol. The van der Waals surface area contributed by atoms with Crippen molar-refractivity contribution in [3.8, 4) is 0 Å². The van der Waals surface area contributed by atoms with Crippen molar-refractivity contribution in [2.24, 2.45) is 0 Å². The summed E-state index contributed by atoms with van der Waals surface area (Å²) in [6.45, 7) is 6.90. The number of rotatable bonds is 5. The Hall–Kier alpha value is -0.0800. The summed E-state index contributed by atoms with van der Waals surface area (Å²) in [5.41, 5.74) is 0.635. The van der Waals surface area contributed by atoms with Crippen LogP contribution in [0.1, 0.15) is 64.2 Å². The summed E-state index contributed by atoms with van der Waals surface area (Å²) >= 11 is 0. The molecular weight excluding hydrogens is 220 g/mol. The molecule has 2 heterocycles. The summed E-state index contributed by atoms with van der Waals surface area (Å²) in [6.07, 6.45) is 14.7. The number of nitrogens with zero attached hydrogens (tertiary/aromatic N) is 2. The maximum atomic E-state index is 2.87. The van der Waals surface area contributed by atoms with Crippen LogP contribution < -0.4 is 0 Å². The highest BCUT2D eigenvalue weighted by Crippen LogP contribution is 2.40. The van der Waals surface area contributed by atoms with Crippen molar-refractivity contribution < 1.29 is 0 Å². The molecule has 3 fully saturated rings. The third-order valence-corrected chi connectivity index (χ3v) is 5.63. The Kier molecular flexibility index (Phi) is 4.25. The van der Waals surface area contributed by atoms with Crippen LogP contribution in [0.4, 0.5) is 0 Å². The average molecular weight is 250 g/mol. The van der Waals surface area contributed by atoms with Crippen molar-refractivity contribution in [2.75, 3.05) is 32.7 Å². The predicted molar refractivity (Wildman–Crippen MR) is 76.9 cm³/mol. The lowest BCUT2D eigenvalue weighted by molar-refractivity contribution is 0.105. The molecule has 0 aromatic carbocycles. The van der Waals surface area contributed by atoms with Crippen LogP contribution in [0.25, 0.3) is 0 Å². The highest BCUT2D eigenvalue weighted by Gasteiger charge is 2.39. The number of hydrogen-bond acceptors (Lipinski definition) is 2. The number of hydrogen-bond donors (Lipinski definition) is 0. The molecule has 2 aliphatic heterocycles. The van der Waals surface area contributed by atoms with E-state index < -0.39 is 0 Å². The number of likely N-dealkylation sites (tertiary alicyclic amines) is 2. The van der Waals surface area contributed by atoms with Crippen LogP contribution in [-0.2, 0) is 0 Å². The summed E-state index contributed by atoms with van der Waals surface area (Å²) in [7, 11) is 0. The first-order valence-corrected chi connectivity index (χ1v) is 8.37. The van der Waals surface area contributed by atoms with Gasteiger partial charge in [-0.15, -0.1) is 0 Å². The Balaban J connectivity index is 1.50. The molecular formula is C16H30N2. The Labute approximate surface area is 113 Å². The van der Waals surface area contributed by atoms with E-state index in [0.29, 0.717) is 5.54 Å². The lowest BCUT2D eigenvalue weighted by Crippen LogP contribution is -2.45. The molecule has 2 heteroatoms. The summed E-state index contributed by atoms with van der Waals surface area (Å²) in [5.74, 6) is 0. The molecule has 0 aromatic heterocycles. The van der Waals surface area contributed by atoms with Gasteiger partial charge in [0.05, 0.1) is 0 Å². The Morgan fingerprint density at radius 1 is 0.722 bits per heavy atom. The smallest absolute Gasteiger partial charge is 0.0210 e. The molecule has 18 heavy (non-hydrogen) atoms. The van der Waals surface area contributed by atoms with E-state index in [0.717, 1.165) is 0 Å². The fraction of sp³-hybridized carbons (Fsp3) is 1.00. The molecule has 0 bridgehead atoms. The lowest BCUT2D eigenvalue weighted by atomic mass is 9.89. The van der Waals surface area contributed by atoms with Crippen molar-refractivity contribution in [1.82, 2.24) is 9.80 Å². The van der Waals surface area contributed by atoms with Gasteiger partial charge in [0.25, 0.3) is 0 Å². The molecule has 0 atom stereocenters. The van der Waals surface area contributed by atoms with Crippen LogP contribution in [0, 0.1) is 0 Å². The quantitative estimate of drug-likeness (QED) is 0.739. The van der Waals surface area contributed by atoms with Crippen LogP contribution in [0.5, 0.6) is 0 Å². The highest BCUT2D eigenvalue weighted by atomic mass is 15.2. The Bertz CT molecular complexity index is 246. The Morgan fingerprint density at radius 3 is 2.00 bits per heavy atom. The lowest BCUT2D eigenvalue weighted by Gasteiger charge is -2.39. The topological polar surface area (TPSA) is 6.48 Å². The fourth-order valence-electron chi connectivity index (χ4n) is 4.59. The summed E-state index contributed by atoms with van der Waals surface area (Å²) in [4.78, 5) is 5.55. The SMILES string of the molecule is C1CCN(CCCC2(N3CCCC3)CCCC2)C1. The first kappa shape index (κ1) is 12.9. The molecule has 2 nitrogen and oxygen atoms in total.